The van der Waals surface area contributed by atoms with Crippen molar-refractivity contribution in [3.8, 4) is 0 Å². The quantitative estimate of drug-likeness (QED) is 0.0654. The van der Waals surface area contributed by atoms with Crippen molar-refractivity contribution in [2.75, 3.05) is 13.2 Å². The van der Waals surface area contributed by atoms with Crippen LogP contribution in [0.15, 0.2) is 133 Å². The van der Waals surface area contributed by atoms with E-state index >= 15 is 0 Å². The maximum absolute atomic E-state index is 6.80. The van der Waals surface area contributed by atoms with E-state index in [1.165, 1.54) is 12.8 Å². The van der Waals surface area contributed by atoms with Crippen molar-refractivity contribution in [2.45, 2.75) is 96.2 Å². The maximum Gasteiger partial charge on any atom is 0.186 e. The van der Waals surface area contributed by atoms with Crippen molar-refractivity contribution in [2.24, 2.45) is 0 Å². The van der Waals surface area contributed by atoms with Gasteiger partial charge in [0, 0.05) is 0 Å². The van der Waals surface area contributed by atoms with Crippen LogP contribution < -0.4 is 0 Å². The Labute approximate surface area is 293 Å². The van der Waals surface area contributed by atoms with Gasteiger partial charge in [-0.05, 0) is 41.5 Å². The third-order valence-corrected chi connectivity index (χ3v) is 8.53. The zero-order valence-electron chi connectivity index (χ0n) is 28.8. The number of rotatable bonds is 21. The zero-order chi connectivity index (χ0) is 33.8. The fourth-order valence-electron chi connectivity index (χ4n) is 5.84. The molecule has 0 aliphatic carbocycles. The number of hydrogen-bond acceptors (Lipinski definition) is 6. The summed E-state index contributed by atoms with van der Waals surface area (Å²) in [5.74, 6) is 0. The lowest BCUT2D eigenvalue weighted by atomic mass is 9.97. The summed E-state index contributed by atoms with van der Waals surface area (Å²) >= 11 is 0. The fourth-order valence-corrected chi connectivity index (χ4v) is 5.84. The summed E-state index contributed by atoms with van der Waals surface area (Å²) in [6.07, 6.45) is 7.25. The molecule has 0 radical (unpaired) electrons. The first-order valence-electron chi connectivity index (χ1n) is 17.8. The minimum Gasteiger partial charge on any atom is -0.374 e. The molecule has 1 aliphatic heterocycles. The molecule has 49 heavy (non-hydrogen) atoms. The van der Waals surface area contributed by atoms with E-state index in [1.54, 1.807) is 0 Å². The van der Waals surface area contributed by atoms with Gasteiger partial charge >= 0.3 is 0 Å². The molecule has 0 saturated carbocycles. The van der Waals surface area contributed by atoms with Gasteiger partial charge in [-0.1, -0.05) is 153 Å². The van der Waals surface area contributed by atoms with Gasteiger partial charge in [0.15, 0.2) is 6.29 Å². The van der Waals surface area contributed by atoms with Gasteiger partial charge < -0.3 is 28.4 Å². The Morgan fingerprint density at radius 3 is 1.47 bits per heavy atom. The van der Waals surface area contributed by atoms with Crippen LogP contribution in [0.3, 0.4) is 0 Å². The smallest absolute Gasteiger partial charge is 0.186 e. The second kappa shape index (κ2) is 21.5. The van der Waals surface area contributed by atoms with Crippen LogP contribution in [0.1, 0.15) is 61.3 Å². The first-order chi connectivity index (χ1) is 24.3. The molecule has 6 heteroatoms. The predicted molar refractivity (Wildman–Crippen MR) is 194 cm³/mol. The van der Waals surface area contributed by atoms with Crippen molar-refractivity contribution in [3.63, 3.8) is 0 Å². The SMILES string of the molecule is CCCC/C=C\CCCO[C@@H]1OC(COCc2ccccc2)[C@@H](OCc2ccccc2)C(OCc2ccccc2)C1OCc1ccccc1. The standard InChI is InChI=1S/C43H52O6/c1-2-3-4-5-6-7-20-29-45-43-42(48-33-38-27-18-11-19-28-38)41(47-32-37-25-16-10-17-26-37)40(46-31-36-23-14-9-15-24-36)39(49-43)34-44-30-35-21-12-8-13-22-35/h5-6,8-19,21-28,39-43H,2-4,7,20,29-34H2,1H3/b6-5-/t39?,40-,41?,42?,43-/m1/s1. The first kappa shape index (κ1) is 36.7. The van der Waals surface area contributed by atoms with E-state index < -0.39 is 30.7 Å². The molecule has 0 bridgehead atoms. The summed E-state index contributed by atoms with van der Waals surface area (Å²) in [6.45, 7) is 4.71. The van der Waals surface area contributed by atoms with Crippen LogP contribution in [-0.2, 0) is 54.8 Å². The highest BCUT2D eigenvalue weighted by Gasteiger charge is 2.49. The number of allylic oxidation sites excluding steroid dienone is 2. The molecular formula is C43H52O6. The largest absolute Gasteiger partial charge is 0.374 e. The highest BCUT2D eigenvalue weighted by molar-refractivity contribution is 5.16. The van der Waals surface area contributed by atoms with E-state index in [0.29, 0.717) is 39.6 Å². The van der Waals surface area contributed by atoms with Crippen molar-refractivity contribution in [1.82, 2.24) is 0 Å². The van der Waals surface area contributed by atoms with Crippen molar-refractivity contribution in [1.29, 1.82) is 0 Å². The van der Waals surface area contributed by atoms with Crippen LogP contribution in [0.2, 0.25) is 0 Å². The zero-order valence-corrected chi connectivity index (χ0v) is 28.8. The van der Waals surface area contributed by atoms with Crippen LogP contribution in [0.4, 0.5) is 0 Å². The molecule has 260 valence electrons. The molecule has 4 aromatic carbocycles. The molecule has 5 rings (SSSR count). The minimum absolute atomic E-state index is 0.310. The molecule has 6 nitrogen and oxygen atoms in total. The Kier molecular flexibility index (Phi) is 16.1. The van der Waals surface area contributed by atoms with Gasteiger partial charge in [-0.25, -0.2) is 0 Å². The van der Waals surface area contributed by atoms with Gasteiger partial charge in [-0.3, -0.25) is 0 Å². The summed E-state index contributed by atoms with van der Waals surface area (Å²) in [6, 6.07) is 40.7. The average molecular weight is 665 g/mol. The Morgan fingerprint density at radius 1 is 0.510 bits per heavy atom. The molecule has 1 saturated heterocycles. The molecule has 0 N–H and O–H groups in total. The second-order valence-corrected chi connectivity index (χ2v) is 12.5. The first-order valence-corrected chi connectivity index (χ1v) is 17.8. The highest BCUT2D eigenvalue weighted by Crippen LogP contribution is 2.32. The molecule has 1 aliphatic rings. The Bertz CT molecular complexity index is 1430. The highest BCUT2D eigenvalue weighted by atomic mass is 16.7. The summed E-state index contributed by atoms with van der Waals surface area (Å²) in [4.78, 5) is 0. The van der Waals surface area contributed by atoms with Crippen molar-refractivity contribution < 1.29 is 28.4 Å². The van der Waals surface area contributed by atoms with Crippen LogP contribution >= 0.6 is 0 Å². The number of benzene rings is 4. The van der Waals surface area contributed by atoms with Crippen LogP contribution in [-0.4, -0.2) is 43.9 Å². The van der Waals surface area contributed by atoms with Crippen molar-refractivity contribution >= 4 is 0 Å². The van der Waals surface area contributed by atoms with E-state index in [1.807, 2.05) is 72.8 Å². The summed E-state index contributed by atoms with van der Waals surface area (Å²) in [7, 11) is 0. The Morgan fingerprint density at radius 2 is 0.959 bits per heavy atom. The van der Waals surface area contributed by atoms with Crippen LogP contribution in [0.5, 0.6) is 0 Å². The molecule has 3 unspecified atom stereocenters. The van der Waals surface area contributed by atoms with E-state index in [4.69, 9.17) is 28.4 Å². The molecule has 5 atom stereocenters. The van der Waals surface area contributed by atoms with Crippen LogP contribution in [0.25, 0.3) is 0 Å². The molecule has 1 heterocycles. The number of unbranched alkanes of at least 4 members (excludes halogenated alkanes) is 3. The monoisotopic (exact) mass is 664 g/mol. The van der Waals surface area contributed by atoms with Gasteiger partial charge in [0.05, 0.1) is 39.6 Å². The Hall–Kier alpha value is -3.62. The van der Waals surface area contributed by atoms with Gasteiger partial charge in [0.25, 0.3) is 0 Å². The van der Waals surface area contributed by atoms with Gasteiger partial charge in [-0.15, -0.1) is 0 Å². The van der Waals surface area contributed by atoms with E-state index in [9.17, 15) is 0 Å². The fraction of sp³-hybridized carbons (Fsp3) is 0.395. The predicted octanol–water partition coefficient (Wildman–Crippen LogP) is 9.23. The summed E-state index contributed by atoms with van der Waals surface area (Å²) < 4.78 is 39.8. The minimum atomic E-state index is -0.671. The topological polar surface area (TPSA) is 55.4 Å². The van der Waals surface area contributed by atoms with E-state index in [0.717, 1.165) is 41.5 Å². The van der Waals surface area contributed by atoms with Gasteiger partial charge in [0.1, 0.15) is 24.4 Å². The van der Waals surface area contributed by atoms with E-state index in [2.05, 4.69) is 67.6 Å². The summed E-state index contributed by atoms with van der Waals surface area (Å²) in [5.41, 5.74) is 4.30. The average Bonchev–Trinajstić information content (AvgIpc) is 3.15. The number of ether oxygens (including phenoxy) is 6. The second-order valence-electron chi connectivity index (χ2n) is 12.5. The van der Waals surface area contributed by atoms with Crippen molar-refractivity contribution in [3.05, 3.63) is 156 Å². The molecular weight excluding hydrogens is 612 g/mol. The van der Waals surface area contributed by atoms with Gasteiger partial charge in [-0.2, -0.15) is 0 Å². The normalized spacial score (nSPS) is 20.9. The molecule has 0 spiro atoms. The molecule has 4 aromatic rings. The lowest BCUT2D eigenvalue weighted by Gasteiger charge is -2.46. The lowest BCUT2D eigenvalue weighted by molar-refractivity contribution is -0.328. The van der Waals surface area contributed by atoms with Gasteiger partial charge in [0.2, 0.25) is 0 Å². The molecule has 0 amide bonds. The lowest BCUT2D eigenvalue weighted by Crippen LogP contribution is -2.61. The van der Waals surface area contributed by atoms with E-state index in [-0.39, 0.29) is 0 Å². The summed E-state index contributed by atoms with van der Waals surface area (Å²) in [5, 5.41) is 0. The Balaban J connectivity index is 1.38. The third kappa shape index (κ3) is 12.6. The van der Waals surface area contributed by atoms with Crippen LogP contribution in [0, 0.1) is 0 Å². The number of hydrogen-bond donors (Lipinski definition) is 0. The third-order valence-electron chi connectivity index (χ3n) is 8.53. The molecule has 0 aromatic heterocycles. The maximum atomic E-state index is 6.80. The molecule has 1 fully saturated rings.